The number of hydrogen-bond donors (Lipinski definition) is 6. The van der Waals surface area contributed by atoms with Crippen molar-refractivity contribution in [1.82, 2.24) is 9.05 Å². The number of aromatic nitrogens is 1. The summed E-state index contributed by atoms with van der Waals surface area (Å²) in [5.41, 5.74) is -2.62. The first-order valence-corrected chi connectivity index (χ1v) is 19.4. The van der Waals surface area contributed by atoms with E-state index in [0.717, 1.165) is 49.5 Å². The Labute approximate surface area is 283 Å². The molecule has 22 heteroatoms. The van der Waals surface area contributed by atoms with Crippen LogP contribution in [-0.4, -0.2) is 75.4 Å². The second kappa shape index (κ2) is 11.1. The zero-order valence-electron chi connectivity index (χ0n) is 25.2. The Kier molecular flexibility index (Phi) is 7.79. The number of carbonyl (C=O) groups is 2. The van der Waals surface area contributed by atoms with E-state index in [2.05, 4.69) is 10.6 Å². The minimum absolute atomic E-state index is 0.206. The monoisotopic (exact) mass is 767 g/mol. The van der Waals surface area contributed by atoms with Crippen LogP contribution in [0.25, 0.3) is 21.5 Å². The molecule has 1 unspecified atom stereocenters. The highest BCUT2D eigenvalue weighted by Crippen LogP contribution is 2.49. The van der Waals surface area contributed by atoms with Crippen LogP contribution in [0.3, 0.4) is 0 Å². The number of nitrogens with zero attached hydrogens (tertiary/aromatic N) is 2. The van der Waals surface area contributed by atoms with Crippen LogP contribution in [0, 0.1) is 0 Å². The van der Waals surface area contributed by atoms with E-state index in [1.807, 2.05) is 0 Å². The first-order valence-electron chi connectivity index (χ1n) is 13.7. The molecule has 1 aromatic heterocycles. The van der Waals surface area contributed by atoms with Crippen LogP contribution in [0.4, 0.5) is 27.5 Å². The SMILES string of the molecule is Cn1cccc1C(=O)[N+]1(C)c2cc3c(cc(S(=O)(=O)O)cc3cc2S(=O)(=O)O)NC(=O)Nc2cc(S(=O)(=O)O)cc3c1c(S(=O)(=O)O)ccc23. The Hall–Kier alpha value is -4.78. The van der Waals surface area contributed by atoms with Gasteiger partial charge in [-0.2, -0.15) is 38.2 Å². The van der Waals surface area contributed by atoms with Gasteiger partial charge in [0.2, 0.25) is 0 Å². The normalized spacial score (nSPS) is 17.0. The molecule has 0 fully saturated rings. The van der Waals surface area contributed by atoms with Gasteiger partial charge in [-0.1, -0.05) is 6.07 Å². The third-order valence-corrected chi connectivity index (χ3v) is 11.6. The van der Waals surface area contributed by atoms with Crippen molar-refractivity contribution in [3.05, 3.63) is 72.6 Å². The van der Waals surface area contributed by atoms with Crippen molar-refractivity contribution in [1.29, 1.82) is 0 Å². The van der Waals surface area contributed by atoms with Crippen LogP contribution in [0.5, 0.6) is 0 Å². The summed E-state index contributed by atoms with van der Waals surface area (Å²) in [4.78, 5) is 24.3. The number of rotatable bonds is 5. The molecule has 1 aliphatic heterocycles. The van der Waals surface area contributed by atoms with Gasteiger partial charge in [0.05, 0.1) is 28.2 Å². The summed E-state index contributed by atoms with van der Waals surface area (Å²) in [5.74, 6) is -1.12. The second-order valence-corrected chi connectivity index (χ2v) is 16.9. The number of aryl methyl sites for hydroxylation is 1. The Morgan fingerprint density at radius 3 is 1.76 bits per heavy atom. The molecule has 0 aliphatic carbocycles. The molecule has 6 N–H and O–H groups in total. The smallest absolute Gasteiger partial charge is 0.343 e. The van der Waals surface area contributed by atoms with Gasteiger partial charge in [-0.3, -0.25) is 18.2 Å². The highest BCUT2D eigenvalue weighted by atomic mass is 32.2. The van der Waals surface area contributed by atoms with Crippen molar-refractivity contribution in [3.63, 3.8) is 0 Å². The second-order valence-electron chi connectivity index (χ2n) is 11.3. The molecule has 2 heterocycles. The average Bonchev–Trinajstić information content (AvgIpc) is 3.42. The predicted molar refractivity (Wildman–Crippen MR) is 177 cm³/mol. The molecular formula is C28H23N4O14S4+. The molecule has 5 aromatic rings. The van der Waals surface area contributed by atoms with Crippen molar-refractivity contribution in [2.45, 2.75) is 19.6 Å². The average molecular weight is 768 g/mol. The highest BCUT2D eigenvalue weighted by molar-refractivity contribution is 7.86. The highest BCUT2D eigenvalue weighted by Gasteiger charge is 2.48. The first kappa shape index (κ1) is 35.1. The van der Waals surface area contributed by atoms with E-state index in [1.54, 1.807) is 0 Å². The van der Waals surface area contributed by atoms with Gasteiger partial charge in [0.25, 0.3) is 20.2 Å². The lowest BCUT2D eigenvalue weighted by molar-refractivity contribution is 0.0848. The summed E-state index contributed by atoms with van der Waals surface area (Å²) >= 11 is 0. The first-order chi connectivity index (χ1) is 22.9. The van der Waals surface area contributed by atoms with Crippen LogP contribution < -0.4 is 15.1 Å². The number of amides is 3. The molecule has 50 heavy (non-hydrogen) atoms. The fraction of sp³-hybridized carbons (Fsp3) is 0.0714. The molecule has 0 radical (unpaired) electrons. The zero-order chi connectivity index (χ0) is 36.9. The van der Waals surface area contributed by atoms with Crippen LogP contribution in [0.1, 0.15) is 10.5 Å². The minimum Gasteiger partial charge on any atom is -0.343 e. The molecule has 262 valence electrons. The van der Waals surface area contributed by atoms with Gasteiger partial charge in [-0.05, 0) is 53.9 Å². The summed E-state index contributed by atoms with van der Waals surface area (Å²) < 4.78 is 142. The number of nitrogens with one attached hydrogen (secondary N) is 2. The molecule has 3 amide bonds. The Balaban J connectivity index is 1.99. The lowest BCUT2D eigenvalue weighted by Gasteiger charge is -2.34. The third kappa shape index (κ3) is 5.70. The molecule has 6 rings (SSSR count). The van der Waals surface area contributed by atoms with E-state index in [-0.39, 0.29) is 21.9 Å². The van der Waals surface area contributed by atoms with Crippen molar-refractivity contribution < 1.29 is 61.5 Å². The van der Waals surface area contributed by atoms with Crippen molar-refractivity contribution >= 4 is 96.7 Å². The van der Waals surface area contributed by atoms with E-state index >= 15 is 0 Å². The lowest BCUT2D eigenvalue weighted by Crippen LogP contribution is -2.48. The quantitative estimate of drug-likeness (QED) is 0.110. The maximum atomic E-state index is 14.9. The number of urea groups is 1. The molecular weight excluding hydrogens is 745 g/mol. The Bertz CT molecular complexity index is 2830. The standard InChI is InChI=1S/C28H22N4O14S4/c1-31-7-3-4-22(31)27(33)32(2)23-13-18-14(9-25(23)50(44,45)46)8-15(47(35,36)37)11-21(18)30-28(34)29-20-12-16(48(38,39)40)10-19-17(20)5-6-24(26(19)32)49(41,42)43/h3-13H,1-2H3,(H5-,29,30,34,35,36,37,38,39,40,41,42,43,44,45,46)/p+1. The molecule has 0 saturated carbocycles. The van der Waals surface area contributed by atoms with Crippen LogP contribution >= 0.6 is 0 Å². The number of anilines is 2. The van der Waals surface area contributed by atoms with E-state index < -0.39 is 105 Å². The van der Waals surface area contributed by atoms with Crippen molar-refractivity contribution in [3.8, 4) is 0 Å². The number of fused-ring (bicyclic) bond motifs is 1. The van der Waals surface area contributed by atoms with Gasteiger partial charge in [0.1, 0.15) is 5.69 Å². The maximum absolute atomic E-state index is 14.9. The predicted octanol–water partition coefficient (Wildman–Crippen LogP) is 3.38. The van der Waals surface area contributed by atoms with Gasteiger partial charge in [-0.15, -0.1) is 0 Å². The van der Waals surface area contributed by atoms with Gasteiger partial charge >= 0.3 is 32.2 Å². The summed E-state index contributed by atoms with van der Waals surface area (Å²) in [5, 5.41) is 3.39. The van der Waals surface area contributed by atoms with E-state index in [9.17, 15) is 61.5 Å². The van der Waals surface area contributed by atoms with Crippen LogP contribution in [0.15, 0.2) is 86.4 Å². The van der Waals surface area contributed by atoms with E-state index in [1.165, 1.54) is 29.9 Å². The molecule has 1 aliphatic rings. The maximum Gasteiger partial charge on any atom is 0.372 e. The number of hydrogen-bond acceptors (Lipinski definition) is 10. The molecule has 6 bridgehead atoms. The van der Waals surface area contributed by atoms with Gasteiger partial charge in [0.15, 0.2) is 21.2 Å². The van der Waals surface area contributed by atoms with Gasteiger partial charge in [0, 0.05) is 35.5 Å². The molecule has 0 saturated heterocycles. The van der Waals surface area contributed by atoms with Crippen LogP contribution in [-0.2, 0) is 47.5 Å². The van der Waals surface area contributed by atoms with Crippen molar-refractivity contribution in [2.24, 2.45) is 7.05 Å². The molecule has 1 atom stereocenters. The summed E-state index contributed by atoms with van der Waals surface area (Å²) in [6, 6.07) is 8.02. The molecule has 0 spiro atoms. The molecule has 4 aromatic carbocycles. The number of carbonyl (C=O) groups excluding carboxylic acids is 2. The third-order valence-electron chi connectivity index (χ3n) is 8.20. The number of benzene rings is 4. The van der Waals surface area contributed by atoms with Crippen molar-refractivity contribution in [2.75, 3.05) is 17.7 Å². The minimum atomic E-state index is -5.47. The molecule has 18 nitrogen and oxygen atoms in total. The topological polar surface area (TPSA) is 281 Å². The Morgan fingerprint density at radius 2 is 1.24 bits per heavy atom. The summed E-state index contributed by atoms with van der Waals surface area (Å²) in [6.45, 7) is 0. The zero-order valence-corrected chi connectivity index (χ0v) is 28.5. The van der Waals surface area contributed by atoms with Crippen LogP contribution in [0.2, 0.25) is 0 Å². The van der Waals surface area contributed by atoms with E-state index in [0.29, 0.717) is 6.07 Å². The van der Waals surface area contributed by atoms with Gasteiger partial charge in [-0.25, -0.2) is 9.59 Å². The Morgan fingerprint density at radius 1 is 0.680 bits per heavy atom. The van der Waals surface area contributed by atoms with E-state index in [4.69, 9.17) is 0 Å². The fourth-order valence-electron chi connectivity index (χ4n) is 5.97. The van der Waals surface area contributed by atoms with Gasteiger partial charge < -0.3 is 15.2 Å². The largest absolute Gasteiger partial charge is 0.372 e. The summed E-state index contributed by atoms with van der Waals surface area (Å²) in [7, 11) is -18.7. The lowest BCUT2D eigenvalue weighted by atomic mass is 10.0. The number of quaternary nitrogens is 1. The summed E-state index contributed by atoms with van der Waals surface area (Å²) in [6.07, 6.45) is 1.41. The fourth-order valence-corrected chi connectivity index (χ4v) is 8.61.